The van der Waals surface area contributed by atoms with Gasteiger partial charge in [0, 0.05) is 7.05 Å². The molecule has 76 valence electrons. The second kappa shape index (κ2) is 2.73. The van der Waals surface area contributed by atoms with Crippen LogP contribution in [0.25, 0.3) is 0 Å². The molecule has 5 heteroatoms. The Morgan fingerprint density at radius 2 is 1.36 bits per heavy atom. The predicted molar refractivity (Wildman–Crippen MR) is 52.5 cm³/mol. The van der Waals surface area contributed by atoms with Gasteiger partial charge in [-0.3, -0.25) is 0 Å². The molecule has 0 spiro atoms. The Bertz CT molecular complexity index is 460. The Balaban J connectivity index is 2.85. The molecule has 0 saturated carbocycles. The lowest BCUT2D eigenvalue weighted by Gasteiger charge is -2.21. The zero-order chi connectivity index (χ0) is 10.5. The monoisotopic (exact) mass is 195 g/mol. The molecule has 0 aliphatic carbocycles. The van der Waals surface area contributed by atoms with Crippen LogP contribution in [0.4, 0.5) is 0 Å². The van der Waals surface area contributed by atoms with Crippen LogP contribution < -0.4 is 11.4 Å². The van der Waals surface area contributed by atoms with Crippen molar-refractivity contribution in [1.29, 1.82) is 0 Å². The highest BCUT2D eigenvalue weighted by Gasteiger charge is 2.22. The molecule has 0 amide bonds. The lowest BCUT2D eigenvalue weighted by atomic mass is 10.2. The van der Waals surface area contributed by atoms with Crippen molar-refractivity contribution in [2.24, 2.45) is 7.05 Å². The second-order valence-electron chi connectivity index (χ2n) is 3.68. The third-order valence-corrected chi connectivity index (χ3v) is 2.64. The molecule has 0 unspecified atom stereocenters. The normalized spacial score (nSPS) is 25.1. The van der Waals surface area contributed by atoms with Crippen molar-refractivity contribution in [3.63, 3.8) is 0 Å². The summed E-state index contributed by atoms with van der Waals surface area (Å²) in [6.07, 6.45) is 3.87. The molecular weight excluding hydrogens is 182 g/mol. The zero-order valence-corrected chi connectivity index (χ0v) is 8.47. The number of hydrogen-bond acceptors (Lipinski definition) is 2. The first kappa shape index (κ1) is 9.05. The molecule has 1 aliphatic heterocycles. The van der Waals surface area contributed by atoms with Crippen molar-refractivity contribution in [2.45, 2.75) is 25.9 Å². The standard InChI is InChI=1S/C9H13N3O2/c1-6-4-5-7(2)12-9(14)10(3)8(13)11(6)12/h4-7H,1-3H3/t6-,7-/m0/s1. The molecule has 2 atom stereocenters. The summed E-state index contributed by atoms with van der Waals surface area (Å²) in [6, 6.07) is -0.0970. The van der Waals surface area contributed by atoms with Gasteiger partial charge in [0.1, 0.15) is 0 Å². The van der Waals surface area contributed by atoms with E-state index in [1.165, 1.54) is 16.4 Å². The van der Waals surface area contributed by atoms with Crippen LogP contribution in [-0.2, 0) is 7.05 Å². The summed E-state index contributed by atoms with van der Waals surface area (Å²) in [4.78, 5) is 23.3. The van der Waals surface area contributed by atoms with E-state index in [0.717, 1.165) is 4.57 Å². The van der Waals surface area contributed by atoms with E-state index in [1.54, 1.807) is 0 Å². The van der Waals surface area contributed by atoms with Crippen LogP contribution in [0.3, 0.4) is 0 Å². The first-order chi connectivity index (χ1) is 6.54. The minimum Gasteiger partial charge on any atom is -0.246 e. The third-order valence-electron chi connectivity index (χ3n) is 2.64. The van der Waals surface area contributed by atoms with E-state index >= 15 is 0 Å². The van der Waals surface area contributed by atoms with Crippen LogP contribution in [-0.4, -0.2) is 13.9 Å². The van der Waals surface area contributed by atoms with Gasteiger partial charge in [-0.2, -0.15) is 0 Å². The van der Waals surface area contributed by atoms with Gasteiger partial charge in [-0.05, 0) is 13.8 Å². The highest BCUT2D eigenvalue weighted by atomic mass is 16.2. The Morgan fingerprint density at radius 1 is 1.00 bits per heavy atom. The summed E-state index contributed by atoms with van der Waals surface area (Å²) in [5, 5.41) is 0. The van der Waals surface area contributed by atoms with Crippen LogP contribution in [0.1, 0.15) is 25.9 Å². The van der Waals surface area contributed by atoms with Crippen molar-refractivity contribution in [3.05, 3.63) is 33.1 Å². The van der Waals surface area contributed by atoms with Crippen molar-refractivity contribution in [1.82, 2.24) is 13.9 Å². The van der Waals surface area contributed by atoms with Crippen molar-refractivity contribution in [2.75, 3.05) is 0 Å². The van der Waals surface area contributed by atoms with Gasteiger partial charge < -0.3 is 0 Å². The van der Waals surface area contributed by atoms with Gasteiger partial charge in [0.2, 0.25) is 0 Å². The van der Waals surface area contributed by atoms with Gasteiger partial charge in [0.15, 0.2) is 0 Å². The van der Waals surface area contributed by atoms with E-state index < -0.39 is 0 Å². The van der Waals surface area contributed by atoms with Gasteiger partial charge in [-0.25, -0.2) is 23.5 Å². The maximum Gasteiger partial charge on any atom is 0.347 e. The minimum atomic E-state index is -0.251. The largest absolute Gasteiger partial charge is 0.347 e. The van der Waals surface area contributed by atoms with E-state index in [1.807, 2.05) is 26.0 Å². The SMILES string of the molecule is C[C@H]1C=C[C@H](C)n2c(=O)n(C)c(=O)n21. The Morgan fingerprint density at radius 3 is 1.71 bits per heavy atom. The minimum absolute atomic E-state index is 0.0485. The van der Waals surface area contributed by atoms with Gasteiger partial charge in [-0.1, -0.05) is 12.2 Å². The molecule has 0 aromatic carbocycles. The van der Waals surface area contributed by atoms with Crippen LogP contribution in [0.2, 0.25) is 0 Å². The summed E-state index contributed by atoms with van der Waals surface area (Å²) in [5.41, 5.74) is -0.502. The van der Waals surface area contributed by atoms with E-state index in [9.17, 15) is 9.59 Å². The quantitative estimate of drug-likeness (QED) is 0.549. The van der Waals surface area contributed by atoms with Crippen molar-refractivity contribution in [3.8, 4) is 0 Å². The molecule has 2 heterocycles. The van der Waals surface area contributed by atoms with Crippen LogP contribution in [0, 0.1) is 0 Å². The first-order valence-electron chi connectivity index (χ1n) is 4.62. The molecule has 2 rings (SSSR count). The van der Waals surface area contributed by atoms with Crippen molar-refractivity contribution < 1.29 is 0 Å². The molecule has 0 N–H and O–H groups in total. The zero-order valence-electron chi connectivity index (χ0n) is 8.47. The second-order valence-corrected chi connectivity index (χ2v) is 3.68. The third kappa shape index (κ3) is 0.950. The van der Waals surface area contributed by atoms with E-state index in [-0.39, 0.29) is 23.5 Å². The first-order valence-corrected chi connectivity index (χ1v) is 4.62. The average Bonchev–Trinajstić information content (AvgIpc) is 2.38. The molecule has 1 aromatic rings. The number of hydrogen-bond donors (Lipinski definition) is 0. The number of nitrogens with zero attached hydrogens (tertiary/aromatic N) is 3. The summed E-state index contributed by atoms with van der Waals surface area (Å²) in [6.45, 7) is 3.78. The van der Waals surface area contributed by atoms with E-state index in [2.05, 4.69) is 0 Å². The topological polar surface area (TPSA) is 48.9 Å². The van der Waals surface area contributed by atoms with E-state index in [0.29, 0.717) is 0 Å². The van der Waals surface area contributed by atoms with Gasteiger partial charge >= 0.3 is 11.4 Å². The average molecular weight is 195 g/mol. The summed E-state index contributed by atoms with van der Waals surface area (Å²) in [5.74, 6) is 0. The van der Waals surface area contributed by atoms with Crippen molar-refractivity contribution >= 4 is 0 Å². The fourth-order valence-electron chi connectivity index (χ4n) is 1.80. The smallest absolute Gasteiger partial charge is 0.246 e. The fraction of sp³-hybridized carbons (Fsp3) is 0.556. The molecule has 0 bridgehead atoms. The number of allylic oxidation sites excluding steroid dienone is 2. The highest BCUT2D eigenvalue weighted by molar-refractivity contribution is 5.01. The van der Waals surface area contributed by atoms with Crippen LogP contribution >= 0.6 is 0 Å². The van der Waals surface area contributed by atoms with E-state index in [4.69, 9.17) is 0 Å². The maximum absolute atomic E-state index is 11.7. The molecule has 1 aliphatic rings. The van der Waals surface area contributed by atoms with Gasteiger partial charge in [0.05, 0.1) is 12.1 Å². The Labute approximate surface area is 80.9 Å². The number of rotatable bonds is 0. The molecule has 1 aromatic heterocycles. The molecule has 0 fully saturated rings. The fourth-order valence-corrected chi connectivity index (χ4v) is 1.80. The lowest BCUT2D eigenvalue weighted by molar-refractivity contribution is 0.375. The maximum atomic E-state index is 11.7. The summed E-state index contributed by atoms with van der Waals surface area (Å²) in [7, 11) is 1.50. The lowest BCUT2D eigenvalue weighted by Crippen LogP contribution is -2.33. The Hall–Kier alpha value is -1.52. The number of aromatic nitrogens is 3. The summed E-state index contributed by atoms with van der Waals surface area (Å²) < 4.78 is 4.12. The molecule has 0 saturated heterocycles. The molecular formula is C9H13N3O2. The van der Waals surface area contributed by atoms with Crippen LogP contribution in [0.15, 0.2) is 21.7 Å². The predicted octanol–water partition coefficient (Wildman–Crippen LogP) is 0.0403. The number of fused-ring (bicyclic) bond motifs is 1. The molecule has 5 nitrogen and oxygen atoms in total. The highest BCUT2D eigenvalue weighted by Crippen LogP contribution is 2.15. The van der Waals surface area contributed by atoms with Gasteiger partial charge in [0.25, 0.3) is 0 Å². The Kier molecular flexibility index (Phi) is 1.77. The molecule has 0 radical (unpaired) electrons. The van der Waals surface area contributed by atoms with Crippen LogP contribution in [0.5, 0.6) is 0 Å². The molecule has 14 heavy (non-hydrogen) atoms. The summed E-state index contributed by atoms with van der Waals surface area (Å²) >= 11 is 0. The van der Waals surface area contributed by atoms with Gasteiger partial charge in [-0.15, -0.1) is 0 Å².